The molecule has 4 aliphatic rings. The average molecular weight is 466 g/mol. The van der Waals surface area contributed by atoms with Crippen molar-refractivity contribution < 1.29 is 24.2 Å². The van der Waals surface area contributed by atoms with Crippen LogP contribution in [0.1, 0.15) is 31.4 Å². The molecule has 0 aromatic heterocycles. The van der Waals surface area contributed by atoms with E-state index in [4.69, 9.17) is 20.7 Å². The minimum Gasteiger partial charge on any atom is -0.454 e. The molecule has 3 fully saturated rings. The Hall–Kier alpha value is -2.00. The van der Waals surface area contributed by atoms with E-state index in [0.29, 0.717) is 17.1 Å². The first kappa shape index (κ1) is 19.9. The van der Waals surface area contributed by atoms with Gasteiger partial charge in [-0.2, -0.15) is 5.26 Å². The number of benzene rings is 1. The van der Waals surface area contributed by atoms with Crippen molar-refractivity contribution in [1.29, 1.82) is 5.26 Å². The van der Waals surface area contributed by atoms with Gasteiger partial charge >= 0.3 is 0 Å². The molecule has 0 radical (unpaired) electrons. The Balaban J connectivity index is 1.78. The van der Waals surface area contributed by atoms with Crippen LogP contribution in [-0.4, -0.2) is 56.9 Å². The van der Waals surface area contributed by atoms with E-state index in [1.807, 2.05) is 0 Å². The number of nitriles is 1. The molecule has 1 aromatic carbocycles. The van der Waals surface area contributed by atoms with E-state index in [2.05, 4.69) is 6.07 Å². The number of nitrogens with zero attached hydrogens (tertiary/aromatic N) is 3. The molecule has 5 rings (SSSR count). The van der Waals surface area contributed by atoms with Crippen molar-refractivity contribution in [3.05, 3.63) is 23.8 Å². The van der Waals surface area contributed by atoms with Gasteiger partial charge in [-0.1, -0.05) is 6.07 Å². The van der Waals surface area contributed by atoms with Crippen molar-refractivity contribution in [3.63, 3.8) is 0 Å². The molecule has 1 unspecified atom stereocenters. The van der Waals surface area contributed by atoms with Crippen LogP contribution in [0.25, 0.3) is 0 Å². The fraction of sp³-hybridized carbons (Fsp3) is 0.526. The number of piperazine rings is 1. The summed E-state index contributed by atoms with van der Waals surface area (Å²) in [5.74, 6) is 0.732. The number of hydrogen-bond donors (Lipinski definition) is 1. The molecule has 0 aliphatic carbocycles. The van der Waals surface area contributed by atoms with Crippen molar-refractivity contribution in [3.8, 4) is 17.6 Å². The fourth-order valence-corrected chi connectivity index (χ4v) is 12.0. The van der Waals surface area contributed by atoms with Crippen LogP contribution in [0.4, 0.5) is 0 Å². The number of ether oxygens (including phenoxy) is 2. The smallest absolute Gasteiger partial charge is 0.261 e. The minimum absolute atomic E-state index is 0.105. The van der Waals surface area contributed by atoms with Crippen LogP contribution in [-0.2, 0) is 39.1 Å². The Morgan fingerprint density at radius 3 is 2.77 bits per heavy atom. The summed E-state index contributed by atoms with van der Waals surface area (Å²) in [7, 11) is 1.89. The highest BCUT2D eigenvalue weighted by Crippen LogP contribution is 2.66. The summed E-state index contributed by atoms with van der Waals surface area (Å²) >= 11 is 5.35. The number of carbonyl (C=O) groups excluding carboxylic acids is 2. The number of rotatable bonds is 3. The van der Waals surface area contributed by atoms with E-state index in [-0.39, 0.29) is 38.1 Å². The van der Waals surface area contributed by atoms with Gasteiger partial charge in [0.2, 0.25) is 6.79 Å². The number of aliphatic hydroxyl groups is 1. The maximum Gasteiger partial charge on any atom is 0.261 e. The normalized spacial score (nSPS) is 38.2. The van der Waals surface area contributed by atoms with Crippen LogP contribution in [0.15, 0.2) is 18.2 Å². The van der Waals surface area contributed by atoms with E-state index >= 15 is 0 Å². The van der Waals surface area contributed by atoms with E-state index in [9.17, 15) is 20.0 Å². The van der Waals surface area contributed by atoms with Crippen LogP contribution in [0.5, 0.6) is 11.5 Å². The van der Waals surface area contributed by atoms with Crippen LogP contribution < -0.4 is 9.47 Å². The van der Waals surface area contributed by atoms with E-state index in [0.717, 1.165) is 8.88 Å². The molecule has 2 bridgehead atoms. The predicted molar refractivity (Wildman–Crippen MR) is 113 cm³/mol. The Bertz CT molecular complexity index is 1120. The Kier molecular flexibility index (Phi) is 4.16. The summed E-state index contributed by atoms with van der Waals surface area (Å²) in [6.45, 7) is 1.63. The fourth-order valence-electron chi connectivity index (χ4n) is 5.37. The van der Waals surface area contributed by atoms with Crippen LogP contribution in [0, 0.1) is 16.7 Å². The second-order valence-electron chi connectivity index (χ2n) is 8.08. The van der Waals surface area contributed by atoms with Crippen molar-refractivity contribution in [2.75, 3.05) is 20.4 Å². The third kappa shape index (κ3) is 2.01. The number of aliphatic hydroxyl groups excluding tert-OH is 1. The molecule has 0 saturated carbocycles. The standard InChI is InChI=1S/C19H19N3O5S3/c1-17-15(24)22-14(11-3-4-12-13(7-11)27-10-26-12)18(9-20,5-6-23)8-19(22,30(17)29-28)16(25)21(17)2/h3-4,7,14,23H,5-6,8,10H2,1-2H3/t14-,17-,18+,19-,30?/m0/s1. The van der Waals surface area contributed by atoms with Crippen LogP contribution >= 0.6 is 0 Å². The molecule has 3 saturated heterocycles. The third-order valence-electron chi connectivity index (χ3n) is 6.85. The largest absolute Gasteiger partial charge is 0.454 e. The molecule has 8 nitrogen and oxygen atoms in total. The molecule has 4 heterocycles. The quantitative estimate of drug-likeness (QED) is 0.696. The second kappa shape index (κ2) is 6.26. The molecule has 4 aliphatic heterocycles. The lowest BCUT2D eigenvalue weighted by atomic mass is 9.75. The van der Waals surface area contributed by atoms with Crippen LogP contribution in [0.3, 0.4) is 0 Å². The molecule has 158 valence electrons. The lowest BCUT2D eigenvalue weighted by Crippen LogP contribution is -2.60. The van der Waals surface area contributed by atoms with Crippen molar-refractivity contribution >= 4 is 41.3 Å². The predicted octanol–water partition coefficient (Wildman–Crippen LogP) is 0.557. The van der Waals surface area contributed by atoms with Gasteiger partial charge in [0, 0.05) is 20.1 Å². The van der Waals surface area contributed by atoms with Crippen LogP contribution in [0.2, 0.25) is 0 Å². The summed E-state index contributed by atoms with van der Waals surface area (Å²) in [6, 6.07) is 7.00. The molecule has 1 aromatic rings. The minimum atomic E-state index is -1.18. The zero-order chi connectivity index (χ0) is 21.5. The topological polar surface area (TPSA) is 103 Å². The van der Waals surface area contributed by atoms with Gasteiger partial charge in [-0.15, -0.1) is 0 Å². The monoisotopic (exact) mass is 465 g/mol. The van der Waals surface area contributed by atoms with Crippen molar-refractivity contribution in [2.45, 2.75) is 35.5 Å². The maximum atomic E-state index is 13.8. The van der Waals surface area contributed by atoms with Gasteiger partial charge in [-0.25, -0.2) is 0 Å². The van der Waals surface area contributed by atoms with Gasteiger partial charge in [-0.3, -0.25) is 9.59 Å². The summed E-state index contributed by atoms with van der Waals surface area (Å²) in [6.07, 6.45) is 0.286. The molecule has 5 atom stereocenters. The summed E-state index contributed by atoms with van der Waals surface area (Å²) in [4.78, 5) is 28.2. The van der Waals surface area contributed by atoms with Gasteiger partial charge in [0.1, 0.15) is 0 Å². The first-order valence-electron chi connectivity index (χ1n) is 9.40. The molecule has 30 heavy (non-hydrogen) atoms. The average Bonchev–Trinajstić information content (AvgIpc) is 3.40. The molecular weight excluding hydrogens is 446 g/mol. The zero-order valence-corrected chi connectivity index (χ0v) is 18.7. The van der Waals surface area contributed by atoms with E-state index in [1.165, 1.54) is 4.90 Å². The lowest BCUT2D eigenvalue weighted by molar-refractivity contribution is -0.159. The lowest BCUT2D eigenvalue weighted by Gasteiger charge is -2.40. The number of carbonyl (C=O) groups is 2. The number of hydrogen-bond acceptors (Lipinski definition) is 7. The summed E-state index contributed by atoms with van der Waals surface area (Å²) in [5, 5.41) is 20.1. The first-order valence-corrected chi connectivity index (χ1v) is 12.9. The SMILES string of the molecule is CN1C(=O)[C@@]23C[C@@](C#N)(CCO)[C@H](c4ccc5c(c4)OCO5)N2C(=O)[C@]1(C)S3=S=S. The molecule has 11 heteroatoms. The highest BCUT2D eigenvalue weighted by Gasteiger charge is 2.81. The Morgan fingerprint density at radius 2 is 2.10 bits per heavy atom. The second-order valence-corrected chi connectivity index (χ2v) is 12.9. The van der Waals surface area contributed by atoms with Gasteiger partial charge in [0.15, 0.2) is 21.2 Å². The Morgan fingerprint density at radius 1 is 1.37 bits per heavy atom. The molecule has 2 amide bonds. The summed E-state index contributed by atoms with van der Waals surface area (Å²) in [5.41, 5.74) is -0.444. The highest BCUT2D eigenvalue weighted by atomic mass is 33.1. The van der Waals surface area contributed by atoms with Gasteiger partial charge < -0.3 is 24.4 Å². The van der Waals surface area contributed by atoms with Gasteiger partial charge in [0.05, 0.1) is 17.5 Å². The summed E-state index contributed by atoms with van der Waals surface area (Å²) < 4.78 is 10.9. The maximum absolute atomic E-state index is 13.8. The first-order chi connectivity index (χ1) is 14.3. The Labute approximate surface area is 183 Å². The number of fused-ring (bicyclic) bond motifs is 2. The zero-order valence-electron chi connectivity index (χ0n) is 16.3. The van der Waals surface area contributed by atoms with E-state index in [1.54, 1.807) is 37.1 Å². The molecule has 1 spiro atoms. The highest BCUT2D eigenvalue weighted by molar-refractivity contribution is 8.49. The third-order valence-corrected chi connectivity index (χ3v) is 12.7. The van der Waals surface area contributed by atoms with Gasteiger partial charge in [-0.05, 0) is 60.6 Å². The molecular formula is C19H19N3O5S3. The molecule has 1 N–H and O–H groups in total. The van der Waals surface area contributed by atoms with Crippen molar-refractivity contribution in [1.82, 2.24) is 9.80 Å². The van der Waals surface area contributed by atoms with Crippen molar-refractivity contribution in [2.24, 2.45) is 5.41 Å². The number of amides is 2. The van der Waals surface area contributed by atoms with E-state index < -0.39 is 30.7 Å². The van der Waals surface area contributed by atoms with Gasteiger partial charge in [0.25, 0.3) is 11.8 Å². The number of likely N-dealkylation sites (N-methyl/N-ethyl adjacent to an activating group) is 1.